The molecule has 1 saturated carbocycles. The summed E-state index contributed by atoms with van der Waals surface area (Å²) in [6.07, 6.45) is 3.30. The number of benzene rings is 2. The van der Waals surface area contributed by atoms with E-state index in [2.05, 4.69) is 26.1 Å². The second-order valence-electron chi connectivity index (χ2n) is 10.0. The van der Waals surface area contributed by atoms with Crippen molar-refractivity contribution in [3.63, 3.8) is 0 Å². The average molecular weight is 498 g/mol. The highest BCUT2D eigenvalue weighted by molar-refractivity contribution is 6.35. The minimum absolute atomic E-state index is 0.113. The van der Waals surface area contributed by atoms with Gasteiger partial charge in [-0.25, -0.2) is 4.68 Å². The van der Waals surface area contributed by atoms with Crippen LogP contribution in [0.1, 0.15) is 56.1 Å². The SMILES string of the molecule is Cc1ccc2c(c1)oc1c(C(=O)N[C@H]3C[C@@H](C)CC[C@@H]3C(C)C)nn(-c3ccc(Cl)cc3Cl)c12. The molecule has 0 aliphatic heterocycles. The first-order valence-electron chi connectivity index (χ1n) is 11.9. The number of nitrogens with one attached hydrogen (secondary N) is 1. The van der Waals surface area contributed by atoms with E-state index in [-0.39, 0.29) is 17.6 Å². The summed E-state index contributed by atoms with van der Waals surface area (Å²) < 4.78 is 7.92. The molecule has 0 radical (unpaired) electrons. The Hall–Kier alpha value is -2.50. The minimum Gasteiger partial charge on any atom is -0.452 e. The number of carbonyl (C=O) groups excluding carboxylic acids is 1. The zero-order valence-electron chi connectivity index (χ0n) is 19.9. The first-order chi connectivity index (χ1) is 16.2. The minimum atomic E-state index is -0.214. The summed E-state index contributed by atoms with van der Waals surface area (Å²) in [6, 6.07) is 11.4. The van der Waals surface area contributed by atoms with Crippen LogP contribution in [0.3, 0.4) is 0 Å². The van der Waals surface area contributed by atoms with E-state index in [1.54, 1.807) is 16.8 Å². The molecule has 178 valence electrons. The van der Waals surface area contributed by atoms with Gasteiger partial charge in [-0.05, 0) is 73.4 Å². The summed E-state index contributed by atoms with van der Waals surface area (Å²) in [5.74, 6) is 1.31. The van der Waals surface area contributed by atoms with Crippen LogP contribution in [-0.4, -0.2) is 21.7 Å². The van der Waals surface area contributed by atoms with E-state index in [4.69, 9.17) is 32.7 Å². The quantitative estimate of drug-likeness (QED) is 0.316. The summed E-state index contributed by atoms with van der Waals surface area (Å²) in [5.41, 5.74) is 3.90. The van der Waals surface area contributed by atoms with E-state index < -0.39 is 0 Å². The zero-order valence-corrected chi connectivity index (χ0v) is 21.4. The molecule has 5 nitrogen and oxygen atoms in total. The molecular formula is C27H29Cl2N3O2. The molecule has 0 saturated heterocycles. The van der Waals surface area contributed by atoms with Crippen LogP contribution in [0.5, 0.6) is 0 Å². The van der Waals surface area contributed by atoms with E-state index in [9.17, 15) is 4.79 Å². The van der Waals surface area contributed by atoms with Crippen molar-refractivity contribution in [2.24, 2.45) is 17.8 Å². The van der Waals surface area contributed by atoms with Crippen molar-refractivity contribution in [3.05, 3.63) is 57.7 Å². The highest BCUT2D eigenvalue weighted by Gasteiger charge is 2.34. The topological polar surface area (TPSA) is 60.1 Å². The number of furan rings is 1. The molecule has 0 bridgehead atoms. The Labute approximate surface area is 209 Å². The second-order valence-corrected chi connectivity index (χ2v) is 10.9. The molecule has 2 aromatic heterocycles. The molecule has 1 N–H and O–H groups in total. The maximum Gasteiger partial charge on any atom is 0.275 e. The largest absolute Gasteiger partial charge is 0.452 e. The van der Waals surface area contributed by atoms with E-state index in [1.807, 2.05) is 31.2 Å². The van der Waals surface area contributed by atoms with Crippen LogP contribution >= 0.6 is 23.2 Å². The van der Waals surface area contributed by atoms with Crippen LogP contribution < -0.4 is 5.32 Å². The first-order valence-corrected chi connectivity index (χ1v) is 12.7. The van der Waals surface area contributed by atoms with Crippen molar-refractivity contribution in [2.75, 3.05) is 0 Å². The summed E-state index contributed by atoms with van der Waals surface area (Å²) in [4.78, 5) is 13.6. The van der Waals surface area contributed by atoms with Gasteiger partial charge >= 0.3 is 0 Å². The molecule has 1 fully saturated rings. The Morgan fingerprint density at radius 3 is 2.71 bits per heavy atom. The molecule has 1 amide bonds. The number of halogens is 2. The summed E-state index contributed by atoms with van der Waals surface area (Å²) in [7, 11) is 0. The van der Waals surface area contributed by atoms with Gasteiger partial charge in [0.1, 0.15) is 11.1 Å². The standard InChI is InChI=1S/C27H29Cl2N3O2/c1-14(2)18-8-5-15(3)11-21(18)30-27(33)24-26-25(19-9-6-16(4)12-23(19)34-26)32(31-24)22-10-7-17(28)13-20(22)29/h6-7,9-10,12-15,18,21H,5,8,11H2,1-4H3,(H,30,33)/t15-,18+,21-/m0/s1. The van der Waals surface area contributed by atoms with E-state index in [1.165, 1.54) is 6.42 Å². The van der Waals surface area contributed by atoms with Gasteiger partial charge in [0.05, 0.1) is 10.7 Å². The Bertz CT molecular complexity index is 1390. The predicted molar refractivity (Wildman–Crippen MR) is 138 cm³/mol. The Balaban J connectivity index is 1.63. The van der Waals surface area contributed by atoms with Gasteiger partial charge in [0, 0.05) is 16.5 Å². The number of aryl methyl sites for hydroxylation is 1. The normalized spacial score (nSPS) is 21.0. The molecule has 7 heteroatoms. The third-order valence-corrected chi connectivity index (χ3v) is 7.68. The molecule has 2 aromatic carbocycles. The summed E-state index contributed by atoms with van der Waals surface area (Å²) >= 11 is 12.7. The van der Waals surface area contributed by atoms with Crippen LogP contribution in [0, 0.1) is 24.7 Å². The van der Waals surface area contributed by atoms with Crippen LogP contribution in [0.25, 0.3) is 27.8 Å². The molecule has 0 unspecified atom stereocenters. The van der Waals surface area contributed by atoms with Crippen molar-refractivity contribution >= 4 is 51.2 Å². The van der Waals surface area contributed by atoms with Crippen molar-refractivity contribution in [3.8, 4) is 5.69 Å². The van der Waals surface area contributed by atoms with Gasteiger partial charge in [-0.1, -0.05) is 56.5 Å². The number of carbonyl (C=O) groups is 1. The van der Waals surface area contributed by atoms with Crippen molar-refractivity contribution < 1.29 is 9.21 Å². The number of hydrogen-bond donors (Lipinski definition) is 1. The van der Waals surface area contributed by atoms with E-state index in [0.717, 1.165) is 29.3 Å². The highest BCUT2D eigenvalue weighted by atomic mass is 35.5. The van der Waals surface area contributed by atoms with Gasteiger partial charge in [-0.2, -0.15) is 5.10 Å². The fraction of sp³-hybridized carbons (Fsp3) is 0.407. The molecule has 1 aliphatic rings. The molecule has 34 heavy (non-hydrogen) atoms. The number of aromatic nitrogens is 2. The van der Waals surface area contributed by atoms with Crippen LogP contribution in [0.15, 0.2) is 40.8 Å². The van der Waals surface area contributed by atoms with Crippen molar-refractivity contribution in [2.45, 2.75) is 53.0 Å². The molecule has 1 aliphatic carbocycles. The number of rotatable bonds is 4. The third kappa shape index (κ3) is 4.09. The lowest BCUT2D eigenvalue weighted by Gasteiger charge is -2.37. The number of hydrogen-bond acceptors (Lipinski definition) is 3. The predicted octanol–water partition coefficient (Wildman–Crippen LogP) is 7.58. The lowest BCUT2D eigenvalue weighted by Crippen LogP contribution is -2.45. The Morgan fingerprint density at radius 1 is 1.18 bits per heavy atom. The van der Waals surface area contributed by atoms with Crippen LogP contribution in [-0.2, 0) is 0 Å². The average Bonchev–Trinajstić information content (AvgIpc) is 3.30. The zero-order chi connectivity index (χ0) is 24.1. The van der Waals surface area contributed by atoms with E-state index >= 15 is 0 Å². The molecule has 4 aromatic rings. The summed E-state index contributed by atoms with van der Waals surface area (Å²) in [5, 5.41) is 9.89. The van der Waals surface area contributed by atoms with Crippen molar-refractivity contribution in [1.29, 1.82) is 0 Å². The summed E-state index contributed by atoms with van der Waals surface area (Å²) in [6.45, 7) is 8.74. The molecular weight excluding hydrogens is 469 g/mol. The van der Waals surface area contributed by atoms with Gasteiger partial charge < -0.3 is 9.73 Å². The Morgan fingerprint density at radius 2 is 1.97 bits per heavy atom. The molecule has 2 heterocycles. The first kappa shape index (κ1) is 23.3. The van der Waals surface area contributed by atoms with Crippen LogP contribution in [0.2, 0.25) is 10.0 Å². The van der Waals surface area contributed by atoms with Crippen molar-refractivity contribution in [1.82, 2.24) is 15.1 Å². The number of nitrogens with zero attached hydrogens (tertiary/aromatic N) is 2. The maximum atomic E-state index is 13.6. The van der Waals surface area contributed by atoms with Gasteiger partial charge in [-0.15, -0.1) is 0 Å². The number of amides is 1. The fourth-order valence-corrected chi connectivity index (χ4v) is 5.83. The third-order valence-electron chi connectivity index (χ3n) is 7.14. The molecule has 0 spiro atoms. The maximum absolute atomic E-state index is 13.6. The van der Waals surface area contributed by atoms with Crippen LogP contribution in [0.4, 0.5) is 0 Å². The lowest BCUT2D eigenvalue weighted by molar-refractivity contribution is 0.0863. The fourth-order valence-electron chi connectivity index (χ4n) is 5.34. The van der Waals surface area contributed by atoms with Gasteiger partial charge in [0.15, 0.2) is 11.3 Å². The Kier molecular flexibility index (Phi) is 6.11. The number of fused-ring (bicyclic) bond motifs is 3. The molecule has 5 rings (SSSR count). The monoisotopic (exact) mass is 497 g/mol. The van der Waals surface area contributed by atoms with Gasteiger partial charge in [-0.3, -0.25) is 4.79 Å². The second kappa shape index (κ2) is 8.94. The molecule has 3 atom stereocenters. The highest BCUT2D eigenvalue weighted by Crippen LogP contribution is 2.37. The van der Waals surface area contributed by atoms with E-state index in [0.29, 0.717) is 44.7 Å². The lowest BCUT2D eigenvalue weighted by atomic mass is 9.74. The van der Waals surface area contributed by atoms with Gasteiger partial charge in [0.25, 0.3) is 5.91 Å². The van der Waals surface area contributed by atoms with Gasteiger partial charge in [0.2, 0.25) is 0 Å². The smallest absolute Gasteiger partial charge is 0.275 e.